The zero-order chi connectivity index (χ0) is 23.5. The quantitative estimate of drug-likeness (QED) is 0.409. The third kappa shape index (κ3) is 4.99. The SMILES string of the molecule is CC(C)n1cc(-c2cc3cc(CC(=O)c4cccc(OC5CCNCC5)c4)ncc3cn2)cn1. The van der Waals surface area contributed by atoms with Crippen molar-refractivity contribution < 1.29 is 9.53 Å². The Labute approximate surface area is 199 Å². The van der Waals surface area contributed by atoms with E-state index in [1.165, 1.54) is 0 Å². The van der Waals surface area contributed by atoms with E-state index in [9.17, 15) is 4.79 Å². The predicted molar refractivity (Wildman–Crippen MR) is 132 cm³/mol. The molecule has 34 heavy (non-hydrogen) atoms. The summed E-state index contributed by atoms with van der Waals surface area (Å²) in [5.41, 5.74) is 3.20. The highest BCUT2D eigenvalue weighted by Crippen LogP contribution is 2.24. The highest BCUT2D eigenvalue weighted by molar-refractivity contribution is 5.98. The molecule has 4 heterocycles. The lowest BCUT2D eigenvalue weighted by Gasteiger charge is -2.24. The Morgan fingerprint density at radius 2 is 1.91 bits per heavy atom. The molecule has 1 aliphatic rings. The van der Waals surface area contributed by atoms with E-state index in [4.69, 9.17) is 4.74 Å². The molecular weight excluding hydrogens is 426 g/mol. The number of aromatic nitrogens is 4. The number of carbonyl (C=O) groups excluding carboxylic acids is 1. The van der Waals surface area contributed by atoms with Crippen LogP contribution in [0.4, 0.5) is 0 Å². The van der Waals surface area contributed by atoms with Gasteiger partial charge in [0.2, 0.25) is 0 Å². The molecule has 1 aliphatic heterocycles. The van der Waals surface area contributed by atoms with E-state index >= 15 is 0 Å². The molecule has 1 N–H and O–H groups in total. The number of nitrogens with one attached hydrogen (secondary N) is 1. The fourth-order valence-corrected chi connectivity index (χ4v) is 4.21. The van der Waals surface area contributed by atoms with E-state index in [-0.39, 0.29) is 18.3 Å². The van der Waals surface area contributed by atoms with Crippen LogP contribution in [-0.2, 0) is 6.42 Å². The smallest absolute Gasteiger partial charge is 0.168 e. The molecule has 0 amide bonds. The van der Waals surface area contributed by atoms with Crippen LogP contribution in [0.2, 0.25) is 0 Å². The molecule has 0 aliphatic carbocycles. The van der Waals surface area contributed by atoms with Crippen molar-refractivity contribution in [1.29, 1.82) is 0 Å². The van der Waals surface area contributed by atoms with Gasteiger partial charge in [-0.05, 0) is 69.4 Å². The first-order chi connectivity index (χ1) is 16.5. The second-order valence-electron chi connectivity index (χ2n) is 9.09. The van der Waals surface area contributed by atoms with Crippen molar-refractivity contribution >= 4 is 16.6 Å². The van der Waals surface area contributed by atoms with Crippen LogP contribution in [0, 0.1) is 0 Å². The zero-order valence-corrected chi connectivity index (χ0v) is 19.6. The highest BCUT2D eigenvalue weighted by Gasteiger charge is 2.16. The lowest BCUT2D eigenvalue weighted by molar-refractivity contribution is 0.0990. The van der Waals surface area contributed by atoms with Gasteiger partial charge in [0.15, 0.2) is 5.78 Å². The average molecular weight is 456 g/mol. The number of ketones is 1. The second-order valence-corrected chi connectivity index (χ2v) is 9.09. The molecule has 1 fully saturated rings. The van der Waals surface area contributed by atoms with Gasteiger partial charge in [-0.1, -0.05) is 12.1 Å². The average Bonchev–Trinajstić information content (AvgIpc) is 3.35. The Bertz CT molecular complexity index is 1310. The largest absolute Gasteiger partial charge is 0.490 e. The summed E-state index contributed by atoms with van der Waals surface area (Å²) in [7, 11) is 0. The predicted octanol–water partition coefficient (Wildman–Crippen LogP) is 4.63. The number of nitrogens with zero attached hydrogens (tertiary/aromatic N) is 4. The summed E-state index contributed by atoms with van der Waals surface area (Å²) in [4.78, 5) is 22.1. The van der Waals surface area contributed by atoms with E-state index < -0.39 is 0 Å². The summed E-state index contributed by atoms with van der Waals surface area (Å²) in [5.74, 6) is 0.775. The van der Waals surface area contributed by atoms with Crippen molar-refractivity contribution in [2.45, 2.75) is 45.3 Å². The maximum Gasteiger partial charge on any atom is 0.168 e. The number of rotatable bonds is 7. The molecule has 3 aromatic heterocycles. The van der Waals surface area contributed by atoms with Crippen LogP contribution in [0.1, 0.15) is 48.8 Å². The van der Waals surface area contributed by atoms with Crippen molar-refractivity contribution in [3.8, 4) is 17.0 Å². The molecule has 0 radical (unpaired) electrons. The minimum absolute atomic E-state index is 0.0232. The Balaban J connectivity index is 1.33. The van der Waals surface area contributed by atoms with Gasteiger partial charge < -0.3 is 10.1 Å². The lowest BCUT2D eigenvalue weighted by atomic mass is 10.0. The highest BCUT2D eigenvalue weighted by atomic mass is 16.5. The van der Waals surface area contributed by atoms with Gasteiger partial charge in [0.25, 0.3) is 0 Å². The van der Waals surface area contributed by atoms with Gasteiger partial charge in [-0.25, -0.2) is 0 Å². The van der Waals surface area contributed by atoms with Crippen LogP contribution in [0.3, 0.4) is 0 Å². The fraction of sp³-hybridized carbons (Fsp3) is 0.333. The summed E-state index contributed by atoms with van der Waals surface area (Å²) in [6, 6.07) is 11.8. The maximum absolute atomic E-state index is 13.0. The minimum atomic E-state index is 0.0232. The number of pyridine rings is 2. The van der Waals surface area contributed by atoms with Crippen LogP contribution >= 0.6 is 0 Å². The molecule has 174 valence electrons. The van der Waals surface area contributed by atoms with Gasteiger partial charge in [0, 0.05) is 46.8 Å². The first-order valence-electron chi connectivity index (χ1n) is 11.8. The van der Waals surface area contributed by atoms with E-state index in [1.54, 1.807) is 6.20 Å². The van der Waals surface area contributed by atoms with Gasteiger partial charge in [-0.15, -0.1) is 0 Å². The van der Waals surface area contributed by atoms with Gasteiger partial charge in [-0.2, -0.15) is 5.10 Å². The van der Waals surface area contributed by atoms with E-state index in [1.807, 2.05) is 59.7 Å². The van der Waals surface area contributed by atoms with Crippen LogP contribution in [0.15, 0.2) is 61.2 Å². The van der Waals surface area contributed by atoms with Gasteiger partial charge in [0.05, 0.1) is 18.3 Å². The Hall–Kier alpha value is -3.58. The number of piperidine rings is 1. The van der Waals surface area contributed by atoms with Crippen LogP contribution in [0.5, 0.6) is 5.75 Å². The fourth-order valence-electron chi connectivity index (χ4n) is 4.21. The number of ether oxygens (including phenoxy) is 1. The monoisotopic (exact) mass is 455 g/mol. The standard InChI is InChI=1S/C27H29N5O2/c1-18(2)32-17-22(16-31-32)26-12-20-10-23(29-14-21(20)15-30-26)13-27(33)19-4-3-5-25(11-19)34-24-6-8-28-9-7-24/h3-5,10-12,14-18,24,28H,6-9,13H2,1-2H3. The molecule has 1 aromatic carbocycles. The van der Waals surface area contributed by atoms with Crippen molar-refractivity contribution in [1.82, 2.24) is 25.1 Å². The number of benzene rings is 1. The molecule has 7 heteroatoms. The normalized spacial score (nSPS) is 14.6. The van der Waals surface area contributed by atoms with Crippen molar-refractivity contribution in [2.75, 3.05) is 13.1 Å². The van der Waals surface area contributed by atoms with E-state index in [0.717, 1.165) is 59.4 Å². The van der Waals surface area contributed by atoms with Gasteiger partial charge >= 0.3 is 0 Å². The molecule has 4 aromatic rings. The van der Waals surface area contributed by atoms with Gasteiger partial charge in [-0.3, -0.25) is 19.4 Å². The number of Topliss-reactive ketones (excluding diaryl/α,β-unsaturated/α-hetero) is 1. The molecule has 0 unspecified atom stereocenters. The molecular formula is C27H29N5O2. The molecule has 5 rings (SSSR count). The molecule has 1 saturated heterocycles. The van der Waals surface area contributed by atoms with Crippen molar-refractivity contribution in [3.05, 3.63) is 72.4 Å². The third-order valence-electron chi connectivity index (χ3n) is 6.17. The third-order valence-corrected chi connectivity index (χ3v) is 6.17. The first-order valence-corrected chi connectivity index (χ1v) is 11.8. The van der Waals surface area contributed by atoms with E-state index in [2.05, 4.69) is 34.2 Å². The molecule has 0 atom stereocenters. The molecule has 0 spiro atoms. The number of fused-ring (bicyclic) bond motifs is 1. The number of hydrogen-bond donors (Lipinski definition) is 1. The van der Waals surface area contributed by atoms with Crippen molar-refractivity contribution in [3.63, 3.8) is 0 Å². The minimum Gasteiger partial charge on any atom is -0.490 e. The maximum atomic E-state index is 13.0. The molecule has 7 nitrogen and oxygen atoms in total. The Morgan fingerprint density at radius 1 is 1.09 bits per heavy atom. The summed E-state index contributed by atoms with van der Waals surface area (Å²) >= 11 is 0. The molecule has 0 bridgehead atoms. The van der Waals surface area contributed by atoms with E-state index in [0.29, 0.717) is 11.6 Å². The zero-order valence-electron chi connectivity index (χ0n) is 19.6. The lowest BCUT2D eigenvalue weighted by Crippen LogP contribution is -2.34. The Kier molecular flexibility index (Phi) is 6.36. The summed E-state index contributed by atoms with van der Waals surface area (Å²) in [6.07, 6.45) is 9.82. The summed E-state index contributed by atoms with van der Waals surface area (Å²) < 4.78 is 8.02. The first kappa shape index (κ1) is 22.2. The Morgan fingerprint density at radius 3 is 2.71 bits per heavy atom. The van der Waals surface area contributed by atoms with Crippen LogP contribution in [0.25, 0.3) is 22.0 Å². The summed E-state index contributed by atoms with van der Waals surface area (Å²) in [5, 5.41) is 9.69. The summed E-state index contributed by atoms with van der Waals surface area (Å²) in [6.45, 7) is 6.12. The van der Waals surface area contributed by atoms with Crippen molar-refractivity contribution in [2.24, 2.45) is 0 Å². The van der Waals surface area contributed by atoms with Gasteiger partial charge in [0.1, 0.15) is 11.9 Å². The number of carbonyl (C=O) groups is 1. The molecule has 0 saturated carbocycles. The second kappa shape index (κ2) is 9.73. The topological polar surface area (TPSA) is 81.9 Å². The van der Waals surface area contributed by atoms with Crippen LogP contribution in [-0.4, -0.2) is 44.7 Å². The van der Waals surface area contributed by atoms with Crippen LogP contribution < -0.4 is 10.1 Å². The number of hydrogen-bond acceptors (Lipinski definition) is 6.